The minimum atomic E-state index is -1.02. The van der Waals surface area contributed by atoms with Crippen LogP contribution in [0.3, 0.4) is 0 Å². The molecule has 1 aliphatic rings. The topological polar surface area (TPSA) is 86.7 Å². The fraction of sp³-hybridized carbons (Fsp3) is 0.118. The second-order valence-corrected chi connectivity index (χ2v) is 6.26. The summed E-state index contributed by atoms with van der Waals surface area (Å²) in [7, 11) is 0. The molecule has 0 aliphatic carbocycles. The van der Waals surface area contributed by atoms with Crippen molar-refractivity contribution in [2.75, 3.05) is 5.32 Å². The second kappa shape index (κ2) is 6.76. The van der Waals surface area contributed by atoms with Crippen LogP contribution in [0, 0.1) is 0 Å². The Bertz CT molecular complexity index is 777. The maximum atomic E-state index is 12.4. The summed E-state index contributed by atoms with van der Waals surface area (Å²) in [6, 6.07) is 15.3. The number of amides is 2. The molecule has 7 heteroatoms. The van der Waals surface area contributed by atoms with Crippen molar-refractivity contribution in [1.82, 2.24) is 4.90 Å². The number of rotatable bonds is 5. The summed E-state index contributed by atoms with van der Waals surface area (Å²) in [6.45, 7) is 0.238. The molecule has 24 heavy (non-hydrogen) atoms. The van der Waals surface area contributed by atoms with Crippen LogP contribution in [0.4, 0.5) is 10.5 Å². The van der Waals surface area contributed by atoms with Crippen molar-refractivity contribution in [3.8, 4) is 0 Å². The Morgan fingerprint density at radius 1 is 1.08 bits per heavy atom. The quantitative estimate of drug-likeness (QED) is 0.868. The van der Waals surface area contributed by atoms with E-state index in [1.165, 1.54) is 17.0 Å². The number of carboxylic acid groups (broad SMARTS) is 1. The van der Waals surface area contributed by atoms with E-state index in [9.17, 15) is 14.4 Å². The lowest BCUT2D eigenvalue weighted by Crippen LogP contribution is -2.33. The van der Waals surface area contributed by atoms with Crippen LogP contribution in [-0.4, -0.2) is 32.5 Å². The number of aromatic carboxylic acids is 1. The lowest BCUT2D eigenvalue weighted by Gasteiger charge is -2.15. The van der Waals surface area contributed by atoms with Gasteiger partial charge in [-0.05, 0) is 41.6 Å². The highest BCUT2D eigenvalue weighted by molar-refractivity contribution is 8.15. The molecule has 1 saturated heterocycles. The van der Waals surface area contributed by atoms with Gasteiger partial charge in [0.25, 0.3) is 11.1 Å². The van der Waals surface area contributed by atoms with Crippen molar-refractivity contribution in [3.63, 3.8) is 0 Å². The molecule has 1 aliphatic heterocycles. The van der Waals surface area contributed by atoms with Gasteiger partial charge in [-0.1, -0.05) is 30.3 Å². The summed E-state index contributed by atoms with van der Waals surface area (Å²) >= 11 is 0.916. The van der Waals surface area contributed by atoms with E-state index in [4.69, 9.17) is 5.11 Å². The highest BCUT2D eigenvalue weighted by Gasteiger charge is 2.39. The SMILES string of the molecule is O=C(O)c1ccc(N[C@@H]2SC(=O)N(Cc3ccccc3)C2=O)cc1. The summed E-state index contributed by atoms with van der Waals surface area (Å²) in [5, 5.41) is 10.8. The molecule has 2 aromatic carbocycles. The first kappa shape index (κ1) is 16.1. The Morgan fingerprint density at radius 2 is 1.75 bits per heavy atom. The van der Waals surface area contributed by atoms with E-state index in [1.54, 1.807) is 12.1 Å². The zero-order valence-electron chi connectivity index (χ0n) is 12.5. The Morgan fingerprint density at radius 3 is 2.38 bits per heavy atom. The van der Waals surface area contributed by atoms with E-state index in [0.717, 1.165) is 17.3 Å². The molecule has 3 rings (SSSR count). The van der Waals surface area contributed by atoms with Crippen LogP contribution in [-0.2, 0) is 11.3 Å². The zero-order chi connectivity index (χ0) is 17.1. The number of imide groups is 1. The standard InChI is InChI=1S/C17H14N2O4S/c20-15-14(18-13-8-6-12(7-9-13)16(21)22)24-17(23)19(15)10-11-4-2-1-3-5-11/h1-9,14,18H,10H2,(H,21,22)/t14-/m1/s1. The van der Waals surface area contributed by atoms with Crippen molar-refractivity contribution in [3.05, 3.63) is 65.7 Å². The number of nitrogens with zero attached hydrogens (tertiary/aromatic N) is 1. The predicted molar refractivity (Wildman–Crippen MR) is 90.8 cm³/mol. The van der Waals surface area contributed by atoms with Gasteiger partial charge >= 0.3 is 5.97 Å². The Kier molecular flexibility index (Phi) is 4.52. The first-order valence-electron chi connectivity index (χ1n) is 7.20. The molecule has 1 heterocycles. The minimum absolute atomic E-state index is 0.160. The summed E-state index contributed by atoms with van der Waals surface area (Å²) in [5.41, 5.74) is 1.62. The number of thioether (sulfide) groups is 1. The Labute approximate surface area is 142 Å². The van der Waals surface area contributed by atoms with Crippen molar-refractivity contribution in [2.24, 2.45) is 0 Å². The number of anilines is 1. The lowest BCUT2D eigenvalue weighted by atomic mass is 10.2. The zero-order valence-corrected chi connectivity index (χ0v) is 13.3. The van der Waals surface area contributed by atoms with Crippen molar-refractivity contribution in [1.29, 1.82) is 0 Å². The predicted octanol–water partition coefficient (Wildman–Crippen LogP) is 3.02. The van der Waals surface area contributed by atoms with Gasteiger partial charge in [0, 0.05) is 5.69 Å². The maximum Gasteiger partial charge on any atom is 0.335 e. The number of hydrogen-bond acceptors (Lipinski definition) is 5. The summed E-state index contributed by atoms with van der Waals surface area (Å²) < 4.78 is 0. The third-order valence-electron chi connectivity index (χ3n) is 3.54. The Balaban J connectivity index is 1.68. The van der Waals surface area contributed by atoms with Crippen LogP contribution in [0.1, 0.15) is 15.9 Å². The summed E-state index contributed by atoms with van der Waals surface area (Å²) in [5.74, 6) is -1.33. The van der Waals surface area contributed by atoms with Gasteiger partial charge in [-0.2, -0.15) is 0 Å². The number of nitrogens with one attached hydrogen (secondary N) is 1. The van der Waals surface area contributed by atoms with E-state index < -0.39 is 11.3 Å². The monoisotopic (exact) mass is 342 g/mol. The van der Waals surface area contributed by atoms with E-state index in [0.29, 0.717) is 5.69 Å². The van der Waals surface area contributed by atoms with Gasteiger partial charge in [0.1, 0.15) is 0 Å². The third kappa shape index (κ3) is 3.41. The molecule has 0 aromatic heterocycles. The molecule has 0 saturated carbocycles. The van der Waals surface area contributed by atoms with Crippen LogP contribution < -0.4 is 5.32 Å². The van der Waals surface area contributed by atoms with Gasteiger partial charge < -0.3 is 10.4 Å². The average molecular weight is 342 g/mol. The minimum Gasteiger partial charge on any atom is -0.478 e. The number of carbonyl (C=O) groups is 3. The molecule has 0 radical (unpaired) electrons. The van der Waals surface area contributed by atoms with Gasteiger partial charge in [-0.15, -0.1) is 0 Å². The highest BCUT2D eigenvalue weighted by atomic mass is 32.2. The van der Waals surface area contributed by atoms with Crippen molar-refractivity contribution < 1.29 is 19.5 Å². The van der Waals surface area contributed by atoms with Crippen molar-refractivity contribution in [2.45, 2.75) is 11.9 Å². The molecular formula is C17H14N2O4S. The number of carboxylic acids is 1. The molecule has 1 fully saturated rings. The number of carbonyl (C=O) groups excluding carboxylic acids is 2. The molecule has 0 unspecified atom stereocenters. The number of hydrogen-bond donors (Lipinski definition) is 2. The lowest BCUT2D eigenvalue weighted by molar-refractivity contribution is -0.126. The van der Waals surface area contributed by atoms with E-state index in [-0.39, 0.29) is 23.3 Å². The Hall–Kier alpha value is -2.80. The van der Waals surface area contributed by atoms with Crippen LogP contribution in [0.2, 0.25) is 0 Å². The average Bonchev–Trinajstić information content (AvgIpc) is 2.84. The second-order valence-electron chi connectivity index (χ2n) is 5.20. The smallest absolute Gasteiger partial charge is 0.335 e. The summed E-state index contributed by atoms with van der Waals surface area (Å²) in [4.78, 5) is 36.6. The van der Waals surface area contributed by atoms with Crippen LogP contribution >= 0.6 is 11.8 Å². The van der Waals surface area contributed by atoms with Crippen LogP contribution in [0.15, 0.2) is 54.6 Å². The maximum absolute atomic E-state index is 12.4. The van der Waals surface area contributed by atoms with E-state index in [2.05, 4.69) is 5.32 Å². The molecule has 0 spiro atoms. The molecule has 6 nitrogen and oxygen atoms in total. The van der Waals surface area contributed by atoms with Crippen molar-refractivity contribution >= 4 is 34.6 Å². The first-order chi connectivity index (χ1) is 11.5. The number of benzene rings is 2. The highest BCUT2D eigenvalue weighted by Crippen LogP contribution is 2.29. The normalized spacial score (nSPS) is 17.2. The van der Waals surface area contributed by atoms with E-state index >= 15 is 0 Å². The van der Waals surface area contributed by atoms with Gasteiger partial charge in [-0.3, -0.25) is 14.5 Å². The van der Waals surface area contributed by atoms with Gasteiger partial charge in [0.05, 0.1) is 12.1 Å². The van der Waals surface area contributed by atoms with Gasteiger partial charge in [0.15, 0.2) is 5.37 Å². The van der Waals surface area contributed by atoms with Gasteiger partial charge in [-0.25, -0.2) is 4.79 Å². The third-order valence-corrected chi connectivity index (χ3v) is 4.52. The van der Waals surface area contributed by atoms with Gasteiger partial charge in [0.2, 0.25) is 0 Å². The van der Waals surface area contributed by atoms with Crippen LogP contribution in [0.25, 0.3) is 0 Å². The molecule has 1 atom stereocenters. The molecule has 2 aromatic rings. The van der Waals surface area contributed by atoms with Crippen LogP contribution in [0.5, 0.6) is 0 Å². The molecule has 2 amide bonds. The fourth-order valence-electron chi connectivity index (χ4n) is 2.31. The fourth-order valence-corrected chi connectivity index (χ4v) is 3.21. The molecule has 0 bridgehead atoms. The largest absolute Gasteiger partial charge is 0.478 e. The first-order valence-corrected chi connectivity index (χ1v) is 8.08. The summed E-state index contributed by atoms with van der Waals surface area (Å²) in [6.07, 6.45) is 0. The molecule has 122 valence electrons. The molecule has 2 N–H and O–H groups in total. The van der Waals surface area contributed by atoms with E-state index in [1.807, 2.05) is 30.3 Å². The molecular weight excluding hydrogens is 328 g/mol.